The van der Waals surface area contributed by atoms with Gasteiger partial charge in [-0.2, -0.15) is 0 Å². The van der Waals surface area contributed by atoms with Gasteiger partial charge >= 0.3 is 0 Å². The van der Waals surface area contributed by atoms with E-state index < -0.39 is 6.04 Å². The highest BCUT2D eigenvalue weighted by Crippen LogP contribution is 2.37. The van der Waals surface area contributed by atoms with Gasteiger partial charge in [-0.3, -0.25) is 23.9 Å². The molecule has 1 aromatic heterocycles. The lowest BCUT2D eigenvalue weighted by molar-refractivity contribution is -0.124. The minimum atomic E-state index is -0.694. The lowest BCUT2D eigenvalue weighted by Gasteiger charge is -2.16. The Hall–Kier alpha value is -4.46. The molecule has 0 aliphatic carbocycles. The maximum atomic E-state index is 13.5. The number of anilines is 3. The SMILES string of the molecule is CC(=O)Nc1ccc(NC(=O)C[C@@H]2C(=O)N(Cc3cccc(C)c3)c3nc4ccccc4n32)cc1. The first-order chi connectivity index (χ1) is 16.9. The fourth-order valence-corrected chi connectivity index (χ4v) is 4.47. The molecule has 0 saturated heterocycles. The zero-order valence-electron chi connectivity index (χ0n) is 19.5. The van der Waals surface area contributed by atoms with Gasteiger partial charge in [-0.15, -0.1) is 0 Å². The predicted molar refractivity (Wildman–Crippen MR) is 135 cm³/mol. The first kappa shape index (κ1) is 22.3. The van der Waals surface area contributed by atoms with Crippen molar-refractivity contribution in [1.82, 2.24) is 9.55 Å². The normalized spacial score (nSPS) is 14.7. The van der Waals surface area contributed by atoms with Crippen LogP contribution in [0, 0.1) is 6.92 Å². The molecule has 0 fully saturated rings. The second-order valence-corrected chi connectivity index (χ2v) is 8.71. The van der Waals surface area contributed by atoms with E-state index in [0.29, 0.717) is 23.9 Å². The van der Waals surface area contributed by atoms with Gasteiger partial charge in [0, 0.05) is 18.3 Å². The van der Waals surface area contributed by atoms with Crippen molar-refractivity contribution in [3.63, 3.8) is 0 Å². The average molecular weight is 468 g/mol. The Balaban J connectivity index is 1.40. The van der Waals surface area contributed by atoms with Crippen molar-refractivity contribution in [2.45, 2.75) is 32.9 Å². The van der Waals surface area contributed by atoms with Crippen molar-refractivity contribution in [1.29, 1.82) is 0 Å². The third kappa shape index (κ3) is 4.50. The van der Waals surface area contributed by atoms with Gasteiger partial charge in [0.1, 0.15) is 6.04 Å². The van der Waals surface area contributed by atoms with E-state index in [4.69, 9.17) is 4.98 Å². The van der Waals surface area contributed by atoms with Crippen LogP contribution < -0.4 is 15.5 Å². The van der Waals surface area contributed by atoms with Crippen molar-refractivity contribution in [3.8, 4) is 0 Å². The van der Waals surface area contributed by atoms with Crippen molar-refractivity contribution in [2.75, 3.05) is 15.5 Å². The van der Waals surface area contributed by atoms with Crippen LogP contribution >= 0.6 is 0 Å². The molecule has 3 aromatic carbocycles. The number of hydrogen-bond donors (Lipinski definition) is 2. The maximum absolute atomic E-state index is 13.5. The number of aryl methyl sites for hydroxylation is 1. The molecule has 8 nitrogen and oxygen atoms in total. The van der Waals surface area contributed by atoms with Gasteiger partial charge in [-0.1, -0.05) is 42.0 Å². The van der Waals surface area contributed by atoms with E-state index in [1.54, 1.807) is 29.2 Å². The van der Waals surface area contributed by atoms with Crippen LogP contribution in [0.4, 0.5) is 17.3 Å². The summed E-state index contributed by atoms with van der Waals surface area (Å²) in [4.78, 5) is 44.1. The summed E-state index contributed by atoms with van der Waals surface area (Å²) in [6.07, 6.45) is -0.0239. The largest absolute Gasteiger partial charge is 0.326 e. The molecule has 0 spiro atoms. The van der Waals surface area contributed by atoms with E-state index in [-0.39, 0.29) is 24.1 Å². The van der Waals surface area contributed by atoms with Gasteiger partial charge in [0.05, 0.1) is 24.0 Å². The number of amides is 3. The highest BCUT2D eigenvalue weighted by molar-refractivity contribution is 6.05. The van der Waals surface area contributed by atoms with Gasteiger partial charge < -0.3 is 10.6 Å². The third-order valence-electron chi connectivity index (χ3n) is 5.97. The maximum Gasteiger partial charge on any atom is 0.253 e. The summed E-state index contributed by atoms with van der Waals surface area (Å²) in [5.74, 6) is -0.0528. The molecule has 0 unspecified atom stereocenters. The zero-order chi connectivity index (χ0) is 24.5. The first-order valence-corrected chi connectivity index (χ1v) is 11.4. The van der Waals surface area contributed by atoms with Crippen molar-refractivity contribution >= 4 is 46.1 Å². The second-order valence-electron chi connectivity index (χ2n) is 8.71. The monoisotopic (exact) mass is 467 g/mol. The highest BCUT2D eigenvalue weighted by Gasteiger charge is 2.40. The van der Waals surface area contributed by atoms with Gasteiger partial charge in [0.25, 0.3) is 5.91 Å². The Bertz CT molecular complexity index is 1440. The minimum Gasteiger partial charge on any atom is -0.326 e. The Labute approximate surface area is 202 Å². The zero-order valence-corrected chi connectivity index (χ0v) is 19.5. The Kier molecular flexibility index (Phi) is 5.78. The van der Waals surface area contributed by atoms with Gasteiger partial charge in [-0.05, 0) is 48.9 Å². The second kappa shape index (κ2) is 9.06. The molecule has 4 aromatic rings. The molecule has 35 heavy (non-hydrogen) atoms. The van der Waals surface area contributed by atoms with Crippen LogP contribution in [0.2, 0.25) is 0 Å². The number of rotatable bonds is 6. The average Bonchev–Trinajstić information content (AvgIpc) is 3.31. The molecule has 3 amide bonds. The molecule has 176 valence electrons. The standard InChI is InChI=1S/C27H25N5O3/c1-17-6-5-7-19(14-17)16-31-26(35)24(32-23-9-4-3-8-22(23)30-27(31)32)15-25(34)29-21-12-10-20(11-13-21)28-18(2)33/h3-14,24H,15-16H2,1-2H3,(H,28,33)(H,29,34)/t24-/m1/s1. The number of nitrogens with one attached hydrogen (secondary N) is 2. The summed E-state index contributed by atoms with van der Waals surface area (Å²) in [7, 11) is 0. The van der Waals surface area contributed by atoms with E-state index in [0.717, 1.165) is 22.2 Å². The number of nitrogens with zero attached hydrogens (tertiary/aromatic N) is 3. The van der Waals surface area contributed by atoms with Crippen molar-refractivity contribution in [3.05, 3.63) is 83.9 Å². The number of hydrogen-bond acceptors (Lipinski definition) is 4. The molecule has 0 radical (unpaired) electrons. The molecule has 1 aliphatic rings. The van der Waals surface area contributed by atoms with Crippen LogP contribution in [-0.2, 0) is 20.9 Å². The molecule has 2 N–H and O–H groups in total. The number of imidazole rings is 1. The topological polar surface area (TPSA) is 96.3 Å². The summed E-state index contributed by atoms with van der Waals surface area (Å²) in [6, 6.07) is 21.8. The first-order valence-electron chi connectivity index (χ1n) is 11.4. The Morgan fingerprint density at radius 1 is 0.943 bits per heavy atom. The number of benzene rings is 3. The minimum absolute atomic E-state index is 0.0239. The number of carbonyl (C=O) groups is 3. The molecular weight excluding hydrogens is 442 g/mol. The quantitative estimate of drug-likeness (QED) is 0.439. The highest BCUT2D eigenvalue weighted by atomic mass is 16.2. The van der Waals surface area contributed by atoms with Gasteiger partial charge in [-0.25, -0.2) is 4.98 Å². The molecule has 1 atom stereocenters. The summed E-state index contributed by atoms with van der Waals surface area (Å²) in [5, 5.41) is 5.55. The van der Waals surface area contributed by atoms with Gasteiger partial charge in [0.2, 0.25) is 17.8 Å². The summed E-state index contributed by atoms with van der Waals surface area (Å²) >= 11 is 0. The lowest BCUT2D eigenvalue weighted by Crippen LogP contribution is -2.31. The fraction of sp³-hybridized carbons (Fsp3) is 0.185. The molecular formula is C27H25N5O3. The van der Waals surface area contributed by atoms with Crippen LogP contribution in [0.1, 0.15) is 30.5 Å². The van der Waals surface area contributed by atoms with Crippen LogP contribution in [-0.4, -0.2) is 27.3 Å². The fourth-order valence-electron chi connectivity index (χ4n) is 4.47. The molecule has 5 rings (SSSR count). The predicted octanol–water partition coefficient (Wildman–Crippen LogP) is 4.42. The number of para-hydroxylation sites is 2. The Morgan fingerprint density at radius 3 is 2.37 bits per heavy atom. The summed E-state index contributed by atoms with van der Waals surface area (Å²) in [5.41, 5.74) is 4.94. The lowest BCUT2D eigenvalue weighted by atomic mass is 10.1. The summed E-state index contributed by atoms with van der Waals surface area (Å²) in [6.45, 7) is 3.83. The third-order valence-corrected chi connectivity index (χ3v) is 5.97. The van der Waals surface area contributed by atoms with Crippen LogP contribution in [0.5, 0.6) is 0 Å². The number of carbonyl (C=O) groups excluding carboxylic acids is 3. The molecule has 0 bridgehead atoms. The van der Waals surface area contributed by atoms with E-state index in [9.17, 15) is 14.4 Å². The van der Waals surface area contributed by atoms with E-state index >= 15 is 0 Å². The molecule has 1 aliphatic heterocycles. The molecule has 0 saturated carbocycles. The molecule has 8 heteroatoms. The van der Waals surface area contributed by atoms with Crippen molar-refractivity contribution < 1.29 is 14.4 Å². The van der Waals surface area contributed by atoms with E-state index in [2.05, 4.69) is 10.6 Å². The Morgan fingerprint density at radius 2 is 1.66 bits per heavy atom. The van der Waals surface area contributed by atoms with E-state index in [1.165, 1.54) is 6.92 Å². The smallest absolute Gasteiger partial charge is 0.253 e. The number of aromatic nitrogens is 2. The number of fused-ring (bicyclic) bond motifs is 3. The summed E-state index contributed by atoms with van der Waals surface area (Å²) < 4.78 is 1.87. The molecule has 2 heterocycles. The van der Waals surface area contributed by atoms with Crippen LogP contribution in [0.25, 0.3) is 11.0 Å². The van der Waals surface area contributed by atoms with Gasteiger partial charge in [0.15, 0.2) is 0 Å². The van der Waals surface area contributed by atoms with Crippen LogP contribution in [0.15, 0.2) is 72.8 Å². The van der Waals surface area contributed by atoms with Crippen LogP contribution in [0.3, 0.4) is 0 Å². The van der Waals surface area contributed by atoms with Crippen molar-refractivity contribution in [2.24, 2.45) is 0 Å². The van der Waals surface area contributed by atoms with E-state index in [1.807, 2.05) is 60.0 Å².